The van der Waals surface area contributed by atoms with Crippen LogP contribution in [-0.4, -0.2) is 21.3 Å². The third-order valence-corrected chi connectivity index (χ3v) is 2.93. The lowest BCUT2D eigenvalue weighted by Crippen LogP contribution is -2.08. The zero-order chi connectivity index (χ0) is 13.8. The van der Waals surface area contributed by atoms with Gasteiger partial charge in [0.15, 0.2) is 0 Å². The lowest BCUT2D eigenvalue weighted by Gasteiger charge is -2.10. The van der Waals surface area contributed by atoms with Crippen LogP contribution in [0.5, 0.6) is 0 Å². The number of hydrogen-bond donors (Lipinski definition) is 1. The first-order valence-corrected chi connectivity index (χ1v) is 6.20. The summed E-state index contributed by atoms with van der Waals surface area (Å²) in [6, 6.07) is 4.11. The van der Waals surface area contributed by atoms with Crippen molar-refractivity contribution in [1.29, 1.82) is 5.26 Å². The molecule has 0 unspecified atom stereocenters. The number of nitrogens with one attached hydrogen (secondary N) is 1. The molecule has 0 aliphatic rings. The number of anilines is 1. The van der Waals surface area contributed by atoms with Crippen LogP contribution in [0.3, 0.4) is 0 Å². The first-order valence-electron chi connectivity index (χ1n) is 6.20. The fraction of sp³-hybridized carbons (Fsp3) is 0.357. The van der Waals surface area contributed by atoms with E-state index in [0.29, 0.717) is 5.56 Å². The van der Waals surface area contributed by atoms with Crippen molar-refractivity contribution in [2.75, 3.05) is 11.9 Å². The van der Waals surface area contributed by atoms with Crippen molar-refractivity contribution < 1.29 is 0 Å². The first-order chi connectivity index (χ1) is 9.10. The highest BCUT2D eigenvalue weighted by atomic mass is 15.2. The second-order valence-electron chi connectivity index (χ2n) is 4.58. The zero-order valence-corrected chi connectivity index (χ0v) is 11.4. The Hall–Kier alpha value is -2.35. The molecular formula is C14H17N5. The summed E-state index contributed by atoms with van der Waals surface area (Å²) in [6.07, 6.45) is 4.73. The van der Waals surface area contributed by atoms with Crippen LogP contribution in [0.2, 0.25) is 0 Å². The average molecular weight is 255 g/mol. The van der Waals surface area contributed by atoms with Crippen LogP contribution in [0.4, 0.5) is 5.69 Å². The summed E-state index contributed by atoms with van der Waals surface area (Å²) in [6.45, 7) is 4.56. The third kappa shape index (κ3) is 3.10. The molecule has 0 aromatic carbocycles. The molecule has 0 bridgehead atoms. The predicted octanol–water partition coefficient (Wildman–Crippen LogP) is 1.96. The standard InChI is InChI=1S/C14H17N5/c1-10-6-14(13(7-15)11(2)18-10)16-5-4-12-8-17-19(3)9-12/h6,8-9H,4-5H2,1-3H3,(H,16,18). The molecule has 98 valence electrons. The smallest absolute Gasteiger partial charge is 0.103 e. The molecule has 2 rings (SSSR count). The monoisotopic (exact) mass is 255 g/mol. The summed E-state index contributed by atoms with van der Waals surface area (Å²) >= 11 is 0. The maximum absolute atomic E-state index is 9.17. The fourth-order valence-corrected chi connectivity index (χ4v) is 2.05. The summed E-state index contributed by atoms with van der Waals surface area (Å²) < 4.78 is 1.79. The van der Waals surface area contributed by atoms with Gasteiger partial charge in [-0.3, -0.25) is 9.67 Å². The molecule has 0 aliphatic carbocycles. The maximum Gasteiger partial charge on any atom is 0.103 e. The van der Waals surface area contributed by atoms with E-state index >= 15 is 0 Å². The molecule has 0 radical (unpaired) electrons. The summed E-state index contributed by atoms with van der Waals surface area (Å²) in [5.74, 6) is 0. The maximum atomic E-state index is 9.17. The molecular weight excluding hydrogens is 238 g/mol. The van der Waals surface area contributed by atoms with Crippen molar-refractivity contribution in [2.45, 2.75) is 20.3 Å². The fourth-order valence-electron chi connectivity index (χ4n) is 2.05. The lowest BCUT2D eigenvalue weighted by molar-refractivity contribution is 0.767. The quantitative estimate of drug-likeness (QED) is 0.907. The second-order valence-corrected chi connectivity index (χ2v) is 4.58. The van der Waals surface area contributed by atoms with Crippen molar-refractivity contribution >= 4 is 5.69 Å². The van der Waals surface area contributed by atoms with E-state index in [0.717, 1.165) is 30.0 Å². The highest BCUT2D eigenvalue weighted by molar-refractivity contribution is 5.59. The van der Waals surface area contributed by atoms with Gasteiger partial charge in [0.1, 0.15) is 6.07 Å². The summed E-state index contributed by atoms with van der Waals surface area (Å²) in [5, 5.41) is 16.6. The van der Waals surface area contributed by atoms with E-state index in [-0.39, 0.29) is 0 Å². The molecule has 5 heteroatoms. The van der Waals surface area contributed by atoms with Crippen molar-refractivity contribution in [3.05, 3.63) is 41.0 Å². The molecule has 19 heavy (non-hydrogen) atoms. The number of aromatic nitrogens is 3. The van der Waals surface area contributed by atoms with Gasteiger partial charge in [-0.15, -0.1) is 0 Å². The Morgan fingerprint density at radius 2 is 2.21 bits per heavy atom. The molecule has 0 saturated carbocycles. The van der Waals surface area contributed by atoms with Gasteiger partial charge in [-0.1, -0.05) is 0 Å². The Bertz CT molecular complexity index is 621. The van der Waals surface area contributed by atoms with Crippen LogP contribution < -0.4 is 5.32 Å². The molecule has 2 aromatic heterocycles. The topological polar surface area (TPSA) is 66.5 Å². The Morgan fingerprint density at radius 3 is 2.84 bits per heavy atom. The number of pyridine rings is 1. The number of nitriles is 1. The SMILES string of the molecule is Cc1cc(NCCc2cnn(C)c2)c(C#N)c(C)n1. The van der Waals surface area contributed by atoms with Gasteiger partial charge in [-0.2, -0.15) is 10.4 Å². The summed E-state index contributed by atoms with van der Waals surface area (Å²) in [4.78, 5) is 4.30. The first kappa shape index (κ1) is 13.1. The van der Waals surface area contributed by atoms with E-state index in [4.69, 9.17) is 5.26 Å². The molecule has 0 amide bonds. The van der Waals surface area contributed by atoms with Gasteiger partial charge >= 0.3 is 0 Å². The molecule has 0 aliphatic heterocycles. The van der Waals surface area contributed by atoms with Gasteiger partial charge in [0.05, 0.1) is 23.1 Å². The van der Waals surface area contributed by atoms with Gasteiger partial charge in [-0.05, 0) is 31.9 Å². The Kier molecular flexibility index (Phi) is 3.81. The van der Waals surface area contributed by atoms with Crippen LogP contribution in [0.25, 0.3) is 0 Å². The highest BCUT2D eigenvalue weighted by Gasteiger charge is 2.07. The van der Waals surface area contributed by atoms with E-state index in [2.05, 4.69) is 21.5 Å². The number of aryl methyl sites for hydroxylation is 3. The van der Waals surface area contributed by atoms with E-state index in [1.165, 1.54) is 5.56 Å². The molecule has 0 saturated heterocycles. The van der Waals surface area contributed by atoms with E-state index in [1.54, 1.807) is 4.68 Å². The number of hydrogen-bond acceptors (Lipinski definition) is 4. The normalized spacial score (nSPS) is 10.2. The lowest BCUT2D eigenvalue weighted by atomic mass is 10.1. The third-order valence-electron chi connectivity index (χ3n) is 2.93. The minimum absolute atomic E-state index is 0.622. The van der Waals surface area contributed by atoms with Crippen LogP contribution >= 0.6 is 0 Å². The summed E-state index contributed by atoms with van der Waals surface area (Å²) in [7, 11) is 1.90. The number of rotatable bonds is 4. The Labute approximate surface area is 112 Å². The van der Waals surface area contributed by atoms with Crippen LogP contribution in [0.15, 0.2) is 18.5 Å². The molecule has 0 atom stereocenters. The molecule has 5 nitrogen and oxygen atoms in total. The highest BCUT2D eigenvalue weighted by Crippen LogP contribution is 2.18. The molecule has 2 heterocycles. The van der Waals surface area contributed by atoms with Crippen molar-refractivity contribution in [2.24, 2.45) is 7.05 Å². The van der Waals surface area contributed by atoms with Gasteiger partial charge in [0.2, 0.25) is 0 Å². The van der Waals surface area contributed by atoms with Gasteiger partial charge < -0.3 is 5.32 Å². The summed E-state index contributed by atoms with van der Waals surface area (Å²) in [5.41, 5.74) is 4.34. The van der Waals surface area contributed by atoms with Crippen molar-refractivity contribution in [3.8, 4) is 6.07 Å². The Balaban J connectivity index is 2.05. The van der Waals surface area contributed by atoms with Gasteiger partial charge in [-0.25, -0.2) is 0 Å². The zero-order valence-electron chi connectivity index (χ0n) is 11.4. The molecule has 0 spiro atoms. The van der Waals surface area contributed by atoms with Gasteiger partial charge in [0, 0.05) is 25.5 Å². The average Bonchev–Trinajstić information content (AvgIpc) is 2.74. The molecule has 2 aromatic rings. The van der Waals surface area contributed by atoms with E-state index < -0.39 is 0 Å². The second kappa shape index (κ2) is 5.53. The molecule has 1 N–H and O–H groups in total. The van der Waals surface area contributed by atoms with E-state index in [9.17, 15) is 0 Å². The van der Waals surface area contributed by atoms with Crippen molar-refractivity contribution in [1.82, 2.24) is 14.8 Å². The predicted molar refractivity (Wildman–Crippen MR) is 73.8 cm³/mol. The minimum Gasteiger partial charge on any atom is -0.384 e. The minimum atomic E-state index is 0.622. The Morgan fingerprint density at radius 1 is 1.42 bits per heavy atom. The van der Waals surface area contributed by atoms with Gasteiger partial charge in [0.25, 0.3) is 0 Å². The number of nitrogens with zero attached hydrogens (tertiary/aromatic N) is 4. The largest absolute Gasteiger partial charge is 0.384 e. The molecule has 0 fully saturated rings. The van der Waals surface area contributed by atoms with E-state index in [1.807, 2.05) is 39.4 Å². The van der Waals surface area contributed by atoms with Crippen LogP contribution in [0.1, 0.15) is 22.5 Å². The van der Waals surface area contributed by atoms with Crippen LogP contribution in [-0.2, 0) is 13.5 Å². The van der Waals surface area contributed by atoms with Crippen molar-refractivity contribution in [3.63, 3.8) is 0 Å². The van der Waals surface area contributed by atoms with Crippen LogP contribution in [0, 0.1) is 25.2 Å².